The van der Waals surface area contributed by atoms with Crippen molar-refractivity contribution in [3.8, 4) is 0 Å². The number of rotatable bonds is 5. The van der Waals surface area contributed by atoms with Gasteiger partial charge in [0.1, 0.15) is 12.3 Å². The highest BCUT2D eigenvalue weighted by molar-refractivity contribution is 5.89. The zero-order chi connectivity index (χ0) is 16.9. The molecule has 2 rings (SSSR count). The third kappa shape index (κ3) is 5.30. The lowest BCUT2D eigenvalue weighted by Gasteiger charge is -2.35. The summed E-state index contributed by atoms with van der Waals surface area (Å²) < 4.78 is 5.35. The minimum Gasteiger partial charge on any atom is -0.454 e. The molecule has 6 heteroatoms. The van der Waals surface area contributed by atoms with Crippen molar-refractivity contribution in [2.24, 2.45) is 16.1 Å². The third-order valence-corrected chi connectivity index (χ3v) is 4.32. The van der Waals surface area contributed by atoms with Crippen LogP contribution in [0.4, 0.5) is 0 Å². The SMILES string of the molecule is CCNC(=NCc1ccc(C(N)=O)o1)NC1CCC(C)(C)CC1. The highest BCUT2D eigenvalue weighted by Gasteiger charge is 2.27. The van der Waals surface area contributed by atoms with Gasteiger partial charge in [0.2, 0.25) is 0 Å². The van der Waals surface area contributed by atoms with Gasteiger partial charge in [-0.2, -0.15) is 0 Å². The van der Waals surface area contributed by atoms with Crippen LogP contribution in [-0.4, -0.2) is 24.5 Å². The van der Waals surface area contributed by atoms with Crippen LogP contribution in [0.1, 0.15) is 62.8 Å². The fourth-order valence-corrected chi connectivity index (χ4v) is 2.81. The molecule has 1 saturated carbocycles. The molecule has 0 unspecified atom stereocenters. The Hall–Kier alpha value is -1.98. The lowest BCUT2D eigenvalue weighted by molar-refractivity contribution is 0.0972. The molecule has 0 aromatic carbocycles. The number of amides is 1. The van der Waals surface area contributed by atoms with Gasteiger partial charge in [0.05, 0.1) is 0 Å². The van der Waals surface area contributed by atoms with Gasteiger partial charge < -0.3 is 20.8 Å². The van der Waals surface area contributed by atoms with Crippen LogP contribution < -0.4 is 16.4 Å². The molecule has 128 valence electrons. The molecule has 1 fully saturated rings. The Morgan fingerprint density at radius 1 is 1.39 bits per heavy atom. The van der Waals surface area contributed by atoms with E-state index in [-0.39, 0.29) is 5.76 Å². The second-order valence-corrected chi connectivity index (χ2v) is 6.91. The number of furan rings is 1. The summed E-state index contributed by atoms with van der Waals surface area (Å²) in [6.07, 6.45) is 4.77. The van der Waals surface area contributed by atoms with Crippen LogP contribution in [0, 0.1) is 5.41 Å². The molecular weight excluding hydrogens is 292 g/mol. The molecule has 1 amide bonds. The molecule has 1 aliphatic rings. The molecule has 0 radical (unpaired) electrons. The van der Waals surface area contributed by atoms with E-state index in [1.54, 1.807) is 12.1 Å². The Bertz CT molecular complexity index is 553. The number of hydrogen-bond acceptors (Lipinski definition) is 3. The van der Waals surface area contributed by atoms with Crippen molar-refractivity contribution in [1.29, 1.82) is 0 Å². The van der Waals surface area contributed by atoms with Crippen molar-refractivity contribution >= 4 is 11.9 Å². The van der Waals surface area contributed by atoms with Crippen LogP contribution in [0.15, 0.2) is 21.5 Å². The highest BCUT2D eigenvalue weighted by atomic mass is 16.3. The first kappa shape index (κ1) is 17.4. The Kier molecular flexibility index (Phi) is 5.69. The average molecular weight is 320 g/mol. The van der Waals surface area contributed by atoms with Crippen molar-refractivity contribution in [1.82, 2.24) is 10.6 Å². The van der Waals surface area contributed by atoms with Gasteiger partial charge in [-0.05, 0) is 50.2 Å². The van der Waals surface area contributed by atoms with Crippen LogP contribution in [0.5, 0.6) is 0 Å². The number of carbonyl (C=O) groups excluding carboxylic acids is 1. The normalized spacial score (nSPS) is 18.7. The Morgan fingerprint density at radius 3 is 2.65 bits per heavy atom. The van der Waals surface area contributed by atoms with Crippen LogP contribution >= 0.6 is 0 Å². The molecule has 1 aromatic heterocycles. The summed E-state index contributed by atoms with van der Waals surface area (Å²) >= 11 is 0. The van der Waals surface area contributed by atoms with E-state index in [2.05, 4.69) is 29.5 Å². The fraction of sp³-hybridized carbons (Fsp3) is 0.647. The molecule has 0 atom stereocenters. The van der Waals surface area contributed by atoms with Crippen molar-refractivity contribution in [2.75, 3.05) is 6.54 Å². The van der Waals surface area contributed by atoms with Crippen LogP contribution in [-0.2, 0) is 6.54 Å². The van der Waals surface area contributed by atoms with Gasteiger partial charge in [-0.15, -0.1) is 0 Å². The van der Waals surface area contributed by atoms with E-state index >= 15 is 0 Å². The van der Waals surface area contributed by atoms with Gasteiger partial charge in [-0.25, -0.2) is 4.99 Å². The number of nitrogens with one attached hydrogen (secondary N) is 2. The van der Waals surface area contributed by atoms with E-state index in [0.29, 0.717) is 23.8 Å². The maximum absolute atomic E-state index is 11.0. The minimum absolute atomic E-state index is 0.169. The van der Waals surface area contributed by atoms with E-state index in [4.69, 9.17) is 10.2 Å². The monoisotopic (exact) mass is 320 g/mol. The molecule has 0 spiro atoms. The first-order valence-corrected chi connectivity index (χ1v) is 8.33. The number of nitrogens with two attached hydrogens (primary N) is 1. The third-order valence-electron chi connectivity index (χ3n) is 4.32. The predicted molar refractivity (Wildman–Crippen MR) is 91.2 cm³/mol. The smallest absolute Gasteiger partial charge is 0.284 e. The summed E-state index contributed by atoms with van der Waals surface area (Å²) in [5.74, 6) is 1.02. The summed E-state index contributed by atoms with van der Waals surface area (Å²) in [5.41, 5.74) is 5.63. The fourth-order valence-electron chi connectivity index (χ4n) is 2.81. The number of guanidine groups is 1. The molecular formula is C17H28N4O2. The van der Waals surface area contributed by atoms with Crippen molar-refractivity contribution in [3.05, 3.63) is 23.7 Å². The first-order chi connectivity index (χ1) is 10.9. The van der Waals surface area contributed by atoms with Crippen LogP contribution in [0.2, 0.25) is 0 Å². The predicted octanol–water partition coefficient (Wildman–Crippen LogP) is 2.40. The van der Waals surface area contributed by atoms with E-state index in [1.165, 1.54) is 12.8 Å². The number of hydrogen-bond donors (Lipinski definition) is 3. The second-order valence-electron chi connectivity index (χ2n) is 6.91. The molecule has 1 aliphatic carbocycles. The second kappa shape index (κ2) is 7.53. The van der Waals surface area contributed by atoms with Crippen LogP contribution in [0.3, 0.4) is 0 Å². The number of nitrogens with zero attached hydrogens (tertiary/aromatic N) is 1. The quantitative estimate of drug-likeness (QED) is 0.574. The summed E-state index contributed by atoms with van der Waals surface area (Å²) in [4.78, 5) is 15.6. The van der Waals surface area contributed by atoms with Crippen molar-refractivity contribution in [2.45, 2.75) is 59.0 Å². The lowest BCUT2D eigenvalue weighted by atomic mass is 9.75. The Morgan fingerprint density at radius 2 is 2.09 bits per heavy atom. The maximum atomic E-state index is 11.0. The minimum atomic E-state index is -0.560. The topological polar surface area (TPSA) is 92.6 Å². The van der Waals surface area contributed by atoms with E-state index < -0.39 is 5.91 Å². The largest absolute Gasteiger partial charge is 0.454 e. The maximum Gasteiger partial charge on any atom is 0.284 e. The van der Waals surface area contributed by atoms with Gasteiger partial charge in [-0.3, -0.25) is 4.79 Å². The molecule has 1 aromatic rings. The van der Waals surface area contributed by atoms with Crippen molar-refractivity contribution in [3.63, 3.8) is 0 Å². The molecule has 23 heavy (non-hydrogen) atoms. The number of aliphatic imine (C=N–C) groups is 1. The Labute approximate surface area is 137 Å². The zero-order valence-electron chi connectivity index (χ0n) is 14.3. The summed E-state index contributed by atoms with van der Waals surface area (Å²) in [6, 6.07) is 3.77. The highest BCUT2D eigenvalue weighted by Crippen LogP contribution is 2.34. The lowest BCUT2D eigenvalue weighted by Crippen LogP contribution is -2.45. The molecule has 1 heterocycles. The van der Waals surface area contributed by atoms with Gasteiger partial charge in [0.15, 0.2) is 11.7 Å². The summed E-state index contributed by atoms with van der Waals surface area (Å²) in [7, 11) is 0. The average Bonchev–Trinajstić information content (AvgIpc) is 2.96. The van der Waals surface area contributed by atoms with Gasteiger partial charge in [0.25, 0.3) is 5.91 Å². The molecule has 6 nitrogen and oxygen atoms in total. The summed E-state index contributed by atoms with van der Waals surface area (Å²) in [6.45, 7) is 7.88. The van der Waals surface area contributed by atoms with E-state index in [9.17, 15) is 4.79 Å². The number of primary amides is 1. The van der Waals surface area contributed by atoms with Gasteiger partial charge >= 0.3 is 0 Å². The molecule has 4 N–H and O–H groups in total. The number of carbonyl (C=O) groups is 1. The standard InChI is InChI=1S/C17H28N4O2/c1-4-19-16(21-12-7-9-17(2,3)10-8-12)20-11-13-5-6-14(23-13)15(18)22/h5-6,12H,4,7-11H2,1-3H3,(H2,18,22)(H2,19,20,21). The van der Waals surface area contributed by atoms with Gasteiger partial charge in [0, 0.05) is 12.6 Å². The van der Waals surface area contributed by atoms with Crippen LogP contribution in [0.25, 0.3) is 0 Å². The van der Waals surface area contributed by atoms with E-state index in [0.717, 1.165) is 25.3 Å². The zero-order valence-corrected chi connectivity index (χ0v) is 14.3. The molecule has 0 saturated heterocycles. The van der Waals surface area contributed by atoms with Gasteiger partial charge in [-0.1, -0.05) is 13.8 Å². The summed E-state index contributed by atoms with van der Waals surface area (Å²) in [5, 5.41) is 6.76. The molecule has 0 aliphatic heterocycles. The molecule has 0 bridgehead atoms. The van der Waals surface area contributed by atoms with E-state index in [1.807, 2.05) is 6.92 Å². The Balaban J connectivity index is 1.93. The first-order valence-electron chi connectivity index (χ1n) is 8.33. The van der Waals surface area contributed by atoms with Crippen molar-refractivity contribution < 1.29 is 9.21 Å².